The van der Waals surface area contributed by atoms with Crippen molar-refractivity contribution in [1.29, 1.82) is 0 Å². The first-order chi connectivity index (χ1) is 9.43. The van der Waals surface area contributed by atoms with Gasteiger partial charge in [0.25, 0.3) is 0 Å². The van der Waals surface area contributed by atoms with Crippen LogP contribution in [0.1, 0.15) is 37.5 Å². The van der Waals surface area contributed by atoms with Crippen molar-refractivity contribution in [3.05, 3.63) is 18.1 Å². The first-order valence-corrected chi connectivity index (χ1v) is 6.53. The van der Waals surface area contributed by atoms with Crippen molar-refractivity contribution in [2.75, 3.05) is 7.11 Å². The van der Waals surface area contributed by atoms with E-state index in [1.54, 1.807) is 0 Å². The van der Waals surface area contributed by atoms with Crippen LogP contribution in [0.3, 0.4) is 0 Å². The van der Waals surface area contributed by atoms with E-state index in [2.05, 4.69) is 9.97 Å². The molecular weight excluding hydrogens is 273 g/mol. The maximum absolute atomic E-state index is 12.6. The topological polar surface area (TPSA) is 55.2 Å². The van der Waals surface area contributed by atoms with Crippen LogP contribution in [0.2, 0.25) is 0 Å². The van der Waals surface area contributed by atoms with E-state index >= 15 is 0 Å². The Morgan fingerprint density at radius 3 is 2.35 bits per heavy atom. The highest BCUT2D eigenvalue weighted by molar-refractivity contribution is 5.20. The van der Waals surface area contributed by atoms with E-state index in [-0.39, 0.29) is 24.6 Å². The summed E-state index contributed by atoms with van der Waals surface area (Å²) < 4.78 is 42.8. The second kappa shape index (κ2) is 5.95. The SMILES string of the molecule is COc1nccnc1C(O)C1CCC(C(F)(F)F)CC1. The standard InChI is InChI=1S/C13H17F3N2O2/c1-20-12-10(17-6-7-18-12)11(19)8-2-4-9(5-3-8)13(14,15)16/h6-9,11,19H,2-5H2,1H3. The van der Waals surface area contributed by atoms with Crippen LogP contribution < -0.4 is 4.74 Å². The lowest BCUT2D eigenvalue weighted by Gasteiger charge is -2.32. The molecule has 0 saturated heterocycles. The number of methoxy groups -OCH3 is 1. The van der Waals surface area contributed by atoms with Gasteiger partial charge in [-0.25, -0.2) is 4.98 Å². The molecule has 1 aromatic rings. The summed E-state index contributed by atoms with van der Waals surface area (Å²) in [6.07, 6.45) is -1.46. The van der Waals surface area contributed by atoms with Crippen molar-refractivity contribution >= 4 is 0 Å². The number of hydrogen-bond donors (Lipinski definition) is 1. The highest BCUT2D eigenvalue weighted by Gasteiger charge is 2.42. The number of aliphatic hydroxyl groups excluding tert-OH is 1. The van der Waals surface area contributed by atoms with Crippen LogP contribution in [0.25, 0.3) is 0 Å². The van der Waals surface area contributed by atoms with E-state index in [9.17, 15) is 18.3 Å². The average molecular weight is 290 g/mol. The summed E-state index contributed by atoms with van der Waals surface area (Å²) in [6, 6.07) is 0. The van der Waals surface area contributed by atoms with Crippen molar-refractivity contribution in [1.82, 2.24) is 9.97 Å². The monoisotopic (exact) mass is 290 g/mol. The average Bonchev–Trinajstić information content (AvgIpc) is 2.45. The van der Waals surface area contributed by atoms with Crippen LogP contribution in [-0.2, 0) is 0 Å². The largest absolute Gasteiger partial charge is 0.480 e. The fraction of sp³-hybridized carbons (Fsp3) is 0.692. The zero-order valence-corrected chi connectivity index (χ0v) is 11.1. The Balaban J connectivity index is 2.03. The van der Waals surface area contributed by atoms with Crippen molar-refractivity contribution < 1.29 is 23.0 Å². The molecule has 1 unspecified atom stereocenters. The summed E-state index contributed by atoms with van der Waals surface area (Å²) in [5.41, 5.74) is 0.297. The van der Waals surface area contributed by atoms with E-state index in [1.807, 2.05) is 0 Å². The summed E-state index contributed by atoms with van der Waals surface area (Å²) in [7, 11) is 1.42. The predicted octanol–water partition coefficient (Wildman–Crippen LogP) is 2.89. The molecule has 1 aromatic heterocycles. The van der Waals surface area contributed by atoms with Crippen LogP contribution in [0.5, 0.6) is 5.88 Å². The minimum absolute atomic E-state index is 0.0494. The van der Waals surface area contributed by atoms with Gasteiger partial charge in [0, 0.05) is 12.4 Å². The van der Waals surface area contributed by atoms with Crippen molar-refractivity contribution in [3.8, 4) is 5.88 Å². The third kappa shape index (κ3) is 3.20. The first-order valence-electron chi connectivity index (χ1n) is 6.53. The fourth-order valence-electron chi connectivity index (χ4n) is 2.68. The first kappa shape index (κ1) is 15.0. The summed E-state index contributed by atoms with van der Waals surface area (Å²) in [4.78, 5) is 7.98. The molecule has 112 valence electrons. The number of alkyl halides is 3. The van der Waals surface area contributed by atoms with Gasteiger partial charge < -0.3 is 9.84 Å². The van der Waals surface area contributed by atoms with Gasteiger partial charge in [-0.05, 0) is 31.6 Å². The molecule has 1 aliphatic rings. The second-order valence-corrected chi connectivity index (χ2v) is 5.05. The van der Waals surface area contributed by atoms with Crippen LogP contribution in [0.15, 0.2) is 12.4 Å². The lowest BCUT2D eigenvalue weighted by Crippen LogP contribution is -2.30. The minimum atomic E-state index is -4.14. The molecule has 0 amide bonds. The normalized spacial score (nSPS) is 25.2. The second-order valence-electron chi connectivity index (χ2n) is 5.05. The van der Waals surface area contributed by atoms with Crippen LogP contribution >= 0.6 is 0 Å². The van der Waals surface area contributed by atoms with Crippen LogP contribution in [0.4, 0.5) is 13.2 Å². The molecule has 0 bridgehead atoms. The number of ether oxygens (including phenoxy) is 1. The van der Waals surface area contributed by atoms with Crippen molar-refractivity contribution in [3.63, 3.8) is 0 Å². The Labute approximate surface area is 115 Å². The number of halogens is 3. The molecule has 1 atom stereocenters. The molecule has 20 heavy (non-hydrogen) atoms. The number of aromatic nitrogens is 2. The molecule has 0 radical (unpaired) electrons. The molecule has 7 heteroatoms. The Kier molecular flexibility index (Phi) is 4.47. The Bertz CT molecular complexity index is 445. The van der Waals surface area contributed by atoms with Gasteiger partial charge in [-0.2, -0.15) is 13.2 Å². The highest BCUT2D eigenvalue weighted by Crippen LogP contribution is 2.43. The lowest BCUT2D eigenvalue weighted by atomic mass is 9.78. The van der Waals surface area contributed by atoms with Gasteiger partial charge in [-0.3, -0.25) is 4.98 Å². The number of rotatable bonds is 3. The minimum Gasteiger partial charge on any atom is -0.480 e. The molecule has 0 aromatic carbocycles. The Morgan fingerprint density at radius 2 is 1.80 bits per heavy atom. The molecule has 1 fully saturated rings. The molecule has 4 nitrogen and oxygen atoms in total. The van der Waals surface area contributed by atoms with E-state index < -0.39 is 18.2 Å². The van der Waals surface area contributed by atoms with E-state index in [1.165, 1.54) is 19.5 Å². The summed E-state index contributed by atoms with van der Waals surface area (Å²) in [6.45, 7) is 0. The van der Waals surface area contributed by atoms with Gasteiger partial charge in [0.05, 0.1) is 13.0 Å². The molecule has 1 N–H and O–H groups in total. The van der Waals surface area contributed by atoms with Gasteiger partial charge in [-0.1, -0.05) is 0 Å². The van der Waals surface area contributed by atoms with Crippen LogP contribution in [0, 0.1) is 11.8 Å². The maximum atomic E-state index is 12.6. The third-order valence-electron chi connectivity index (χ3n) is 3.85. The Hall–Kier alpha value is -1.37. The number of nitrogens with zero attached hydrogens (tertiary/aromatic N) is 2. The van der Waals surface area contributed by atoms with E-state index in [0.717, 1.165) is 0 Å². The molecular formula is C13H17F3N2O2. The van der Waals surface area contributed by atoms with Gasteiger partial charge in [-0.15, -0.1) is 0 Å². The summed E-state index contributed by atoms with van der Waals surface area (Å²) in [5.74, 6) is -1.27. The van der Waals surface area contributed by atoms with Crippen LogP contribution in [-0.4, -0.2) is 28.4 Å². The van der Waals surface area contributed by atoms with Gasteiger partial charge in [0.1, 0.15) is 11.8 Å². The molecule has 0 aliphatic heterocycles. The zero-order valence-electron chi connectivity index (χ0n) is 11.1. The highest BCUT2D eigenvalue weighted by atomic mass is 19.4. The van der Waals surface area contributed by atoms with E-state index in [4.69, 9.17) is 4.74 Å². The third-order valence-corrected chi connectivity index (χ3v) is 3.85. The van der Waals surface area contributed by atoms with E-state index in [0.29, 0.717) is 18.5 Å². The summed E-state index contributed by atoms with van der Waals surface area (Å²) >= 11 is 0. The molecule has 1 heterocycles. The van der Waals surface area contributed by atoms with Gasteiger partial charge >= 0.3 is 6.18 Å². The lowest BCUT2D eigenvalue weighted by molar-refractivity contribution is -0.185. The molecule has 0 spiro atoms. The van der Waals surface area contributed by atoms with Crippen molar-refractivity contribution in [2.24, 2.45) is 11.8 Å². The fourth-order valence-corrected chi connectivity index (χ4v) is 2.68. The number of aliphatic hydroxyl groups is 1. The molecule has 1 aliphatic carbocycles. The maximum Gasteiger partial charge on any atom is 0.391 e. The quantitative estimate of drug-likeness (QED) is 0.930. The van der Waals surface area contributed by atoms with Gasteiger partial charge in [0.2, 0.25) is 5.88 Å². The summed E-state index contributed by atoms with van der Waals surface area (Å²) in [5, 5.41) is 10.3. The zero-order chi connectivity index (χ0) is 14.8. The predicted molar refractivity (Wildman–Crippen MR) is 65.0 cm³/mol. The smallest absolute Gasteiger partial charge is 0.391 e. The molecule has 2 rings (SSSR count). The number of hydrogen-bond acceptors (Lipinski definition) is 4. The van der Waals surface area contributed by atoms with Gasteiger partial charge in [0.15, 0.2) is 0 Å². The Morgan fingerprint density at radius 1 is 1.20 bits per heavy atom. The molecule has 1 saturated carbocycles. The van der Waals surface area contributed by atoms with Crippen molar-refractivity contribution in [2.45, 2.75) is 38.0 Å².